The normalized spacial score (nSPS) is 11.9. The summed E-state index contributed by atoms with van der Waals surface area (Å²) in [6.07, 6.45) is 1.24. The standard InChI is InChI=1S/C7H11NO2S2/c1-5-7(4-12(3,9)10)11-6(2)8-5/h4H2,1-3H3. The number of nitrogens with zero attached hydrogens (tertiary/aromatic N) is 1. The lowest BCUT2D eigenvalue weighted by Crippen LogP contribution is -1.99. The first-order valence-corrected chi connectivity index (χ1v) is 6.37. The number of aryl methyl sites for hydroxylation is 2. The molecule has 0 fully saturated rings. The van der Waals surface area contributed by atoms with E-state index in [4.69, 9.17) is 0 Å². The summed E-state index contributed by atoms with van der Waals surface area (Å²) in [4.78, 5) is 5.01. The Kier molecular flexibility index (Phi) is 2.53. The van der Waals surface area contributed by atoms with Crippen LogP contribution in [0.25, 0.3) is 0 Å². The molecule has 68 valence electrons. The van der Waals surface area contributed by atoms with Crippen molar-refractivity contribution in [3.63, 3.8) is 0 Å². The lowest BCUT2D eigenvalue weighted by atomic mass is 10.4. The van der Waals surface area contributed by atoms with Crippen molar-refractivity contribution in [3.8, 4) is 0 Å². The van der Waals surface area contributed by atoms with Crippen molar-refractivity contribution in [2.75, 3.05) is 6.26 Å². The molecule has 0 N–H and O–H groups in total. The largest absolute Gasteiger partial charge is 0.247 e. The van der Waals surface area contributed by atoms with Crippen LogP contribution in [0, 0.1) is 13.8 Å². The monoisotopic (exact) mass is 205 g/mol. The average Bonchev–Trinajstić information content (AvgIpc) is 2.06. The predicted octanol–water partition coefficient (Wildman–Crippen LogP) is 1.30. The van der Waals surface area contributed by atoms with E-state index in [1.165, 1.54) is 17.6 Å². The second kappa shape index (κ2) is 3.14. The summed E-state index contributed by atoms with van der Waals surface area (Å²) in [5, 5.41) is 0.922. The van der Waals surface area contributed by atoms with E-state index in [1.807, 2.05) is 13.8 Å². The third-order valence-corrected chi connectivity index (χ3v) is 3.46. The van der Waals surface area contributed by atoms with E-state index in [2.05, 4.69) is 4.98 Å². The Morgan fingerprint density at radius 1 is 1.42 bits per heavy atom. The molecule has 0 saturated heterocycles. The highest BCUT2D eigenvalue weighted by molar-refractivity contribution is 7.90. The van der Waals surface area contributed by atoms with Gasteiger partial charge in [0.05, 0.1) is 16.5 Å². The fourth-order valence-corrected chi connectivity index (χ4v) is 3.24. The van der Waals surface area contributed by atoms with Crippen molar-refractivity contribution in [3.05, 3.63) is 15.6 Å². The zero-order valence-electron chi connectivity index (χ0n) is 7.29. The number of thiazole rings is 1. The van der Waals surface area contributed by atoms with Gasteiger partial charge < -0.3 is 0 Å². The molecule has 5 heteroatoms. The first-order valence-electron chi connectivity index (χ1n) is 3.49. The molecule has 0 aromatic carbocycles. The molecular formula is C7H11NO2S2. The van der Waals surface area contributed by atoms with Crippen LogP contribution in [0.4, 0.5) is 0 Å². The molecule has 0 unspecified atom stereocenters. The highest BCUT2D eigenvalue weighted by atomic mass is 32.2. The number of hydrogen-bond acceptors (Lipinski definition) is 4. The predicted molar refractivity (Wildman–Crippen MR) is 50.1 cm³/mol. The maximum absolute atomic E-state index is 10.9. The lowest BCUT2D eigenvalue weighted by molar-refractivity contribution is 0.601. The Morgan fingerprint density at radius 3 is 2.33 bits per heavy atom. The second-order valence-electron chi connectivity index (χ2n) is 2.81. The van der Waals surface area contributed by atoms with E-state index in [0.29, 0.717) is 0 Å². The zero-order valence-corrected chi connectivity index (χ0v) is 8.92. The molecule has 3 nitrogen and oxygen atoms in total. The van der Waals surface area contributed by atoms with Crippen molar-refractivity contribution in [1.82, 2.24) is 4.98 Å². The summed E-state index contributed by atoms with van der Waals surface area (Å²) >= 11 is 1.45. The van der Waals surface area contributed by atoms with E-state index in [-0.39, 0.29) is 5.75 Å². The number of aromatic nitrogens is 1. The Bertz CT molecular complexity index is 378. The fraction of sp³-hybridized carbons (Fsp3) is 0.571. The molecule has 0 atom stereocenters. The van der Waals surface area contributed by atoms with Gasteiger partial charge in [-0.15, -0.1) is 11.3 Å². The van der Waals surface area contributed by atoms with Crippen LogP contribution in [-0.4, -0.2) is 19.7 Å². The summed E-state index contributed by atoms with van der Waals surface area (Å²) in [6, 6.07) is 0. The van der Waals surface area contributed by atoms with Crippen LogP contribution in [0.3, 0.4) is 0 Å². The van der Waals surface area contributed by atoms with Crippen molar-refractivity contribution < 1.29 is 8.42 Å². The van der Waals surface area contributed by atoms with Gasteiger partial charge in [-0.25, -0.2) is 13.4 Å². The van der Waals surface area contributed by atoms with Gasteiger partial charge in [0, 0.05) is 11.1 Å². The van der Waals surface area contributed by atoms with Gasteiger partial charge >= 0.3 is 0 Å². The first-order chi connectivity index (χ1) is 5.38. The van der Waals surface area contributed by atoms with Crippen LogP contribution >= 0.6 is 11.3 Å². The zero-order chi connectivity index (χ0) is 9.35. The van der Waals surface area contributed by atoms with Crippen molar-refractivity contribution in [2.24, 2.45) is 0 Å². The Hall–Kier alpha value is -0.420. The number of hydrogen-bond donors (Lipinski definition) is 0. The van der Waals surface area contributed by atoms with Gasteiger partial charge in [-0.05, 0) is 13.8 Å². The van der Waals surface area contributed by atoms with Gasteiger partial charge in [-0.2, -0.15) is 0 Å². The van der Waals surface area contributed by atoms with Gasteiger partial charge in [0.1, 0.15) is 0 Å². The molecule has 1 heterocycles. The molecule has 0 saturated carbocycles. The molecule has 0 bridgehead atoms. The van der Waals surface area contributed by atoms with E-state index >= 15 is 0 Å². The highest BCUT2D eigenvalue weighted by Gasteiger charge is 2.10. The van der Waals surface area contributed by atoms with Crippen LogP contribution in [0.5, 0.6) is 0 Å². The molecule has 0 aliphatic heterocycles. The first kappa shape index (κ1) is 9.67. The summed E-state index contributed by atoms with van der Waals surface area (Å²) < 4.78 is 21.9. The summed E-state index contributed by atoms with van der Waals surface area (Å²) in [6.45, 7) is 3.72. The molecule has 1 rings (SSSR count). The number of rotatable bonds is 2. The van der Waals surface area contributed by atoms with Crippen molar-refractivity contribution >= 4 is 21.2 Å². The van der Waals surface area contributed by atoms with E-state index in [9.17, 15) is 8.42 Å². The van der Waals surface area contributed by atoms with Crippen molar-refractivity contribution in [2.45, 2.75) is 19.6 Å². The highest BCUT2D eigenvalue weighted by Crippen LogP contribution is 2.19. The van der Waals surface area contributed by atoms with Crippen LogP contribution in [0.1, 0.15) is 15.6 Å². The van der Waals surface area contributed by atoms with Crippen LogP contribution in [0.15, 0.2) is 0 Å². The third kappa shape index (κ3) is 2.57. The SMILES string of the molecule is Cc1nc(C)c(CS(C)(=O)=O)s1. The van der Waals surface area contributed by atoms with Gasteiger partial charge in [0.15, 0.2) is 9.84 Å². The Labute approximate surface area is 76.4 Å². The smallest absolute Gasteiger partial charge is 0.152 e. The molecule has 0 spiro atoms. The Morgan fingerprint density at radius 2 is 2.00 bits per heavy atom. The van der Waals surface area contributed by atoms with Gasteiger partial charge in [0.2, 0.25) is 0 Å². The number of sulfone groups is 1. The average molecular weight is 205 g/mol. The maximum atomic E-state index is 10.9. The molecule has 0 aliphatic rings. The summed E-state index contributed by atoms with van der Waals surface area (Å²) in [7, 11) is -2.92. The van der Waals surface area contributed by atoms with Crippen molar-refractivity contribution in [1.29, 1.82) is 0 Å². The minimum absolute atomic E-state index is 0.115. The second-order valence-corrected chi connectivity index (χ2v) is 6.24. The molecule has 1 aromatic rings. The van der Waals surface area contributed by atoms with E-state index in [0.717, 1.165) is 15.6 Å². The molecular weight excluding hydrogens is 194 g/mol. The third-order valence-electron chi connectivity index (χ3n) is 1.39. The van der Waals surface area contributed by atoms with E-state index < -0.39 is 9.84 Å². The molecule has 0 aliphatic carbocycles. The van der Waals surface area contributed by atoms with Gasteiger partial charge in [-0.3, -0.25) is 0 Å². The minimum atomic E-state index is -2.92. The lowest BCUT2D eigenvalue weighted by Gasteiger charge is -1.93. The van der Waals surface area contributed by atoms with Gasteiger partial charge in [-0.1, -0.05) is 0 Å². The molecule has 0 amide bonds. The summed E-state index contributed by atoms with van der Waals surface area (Å²) in [5.41, 5.74) is 0.836. The molecule has 12 heavy (non-hydrogen) atoms. The fourth-order valence-electron chi connectivity index (χ4n) is 0.946. The Balaban J connectivity index is 2.97. The van der Waals surface area contributed by atoms with E-state index in [1.54, 1.807) is 0 Å². The summed E-state index contributed by atoms with van der Waals surface area (Å²) in [5.74, 6) is 0.115. The van der Waals surface area contributed by atoms with Crippen LogP contribution in [-0.2, 0) is 15.6 Å². The quantitative estimate of drug-likeness (QED) is 0.731. The molecule has 1 aromatic heterocycles. The van der Waals surface area contributed by atoms with Crippen LogP contribution < -0.4 is 0 Å². The van der Waals surface area contributed by atoms with Gasteiger partial charge in [0.25, 0.3) is 0 Å². The van der Waals surface area contributed by atoms with Crippen LogP contribution in [0.2, 0.25) is 0 Å². The minimum Gasteiger partial charge on any atom is -0.247 e. The maximum Gasteiger partial charge on any atom is 0.152 e. The topological polar surface area (TPSA) is 47.0 Å². The molecule has 0 radical (unpaired) electrons.